The number of anilines is 1. The zero-order chi connectivity index (χ0) is 24.9. The van der Waals surface area contributed by atoms with E-state index in [0.29, 0.717) is 36.9 Å². The van der Waals surface area contributed by atoms with Gasteiger partial charge in [-0.3, -0.25) is 4.98 Å². The van der Waals surface area contributed by atoms with Crippen LogP contribution < -0.4 is 20.7 Å². The summed E-state index contributed by atoms with van der Waals surface area (Å²) in [4.78, 5) is 18.3. The molecule has 1 amide bonds. The van der Waals surface area contributed by atoms with Crippen molar-refractivity contribution in [3.05, 3.63) is 81.4 Å². The summed E-state index contributed by atoms with van der Waals surface area (Å²) in [5, 5.41) is 20.7. The van der Waals surface area contributed by atoms with Crippen LogP contribution in [0.4, 0.5) is 10.5 Å². The SMILES string of the molecule is O=C(O)N[C@H]1CN[C@H](C#CN2C=C(Nc3ccc(OCc4ccccn4)c(Cl)c3)c3ccsc3C2)C1. The van der Waals surface area contributed by atoms with Gasteiger partial charge in [0.25, 0.3) is 0 Å². The standard InChI is InChI=1S/C26H24ClN5O3S/c27-22-12-18(4-5-24(22)35-16-19-3-1-2-8-28-19)30-23-14-32(15-25-21(23)7-10-36-25)9-6-17-11-20(13-29-17)31-26(33)34/h1-5,7-8,10,12,14,17,20,29-31H,11,13,15-16H2,(H,33,34)/t17-,20-/m1/s1. The Morgan fingerprint density at radius 2 is 2.25 bits per heavy atom. The van der Waals surface area contributed by atoms with Crippen LogP contribution in [-0.2, 0) is 13.2 Å². The maximum atomic E-state index is 10.9. The fourth-order valence-electron chi connectivity index (χ4n) is 4.08. The number of carboxylic acid groups (broad SMARTS) is 1. The first-order chi connectivity index (χ1) is 17.5. The quantitative estimate of drug-likeness (QED) is 0.353. The number of fused-ring (bicyclic) bond motifs is 1. The van der Waals surface area contributed by atoms with Crippen molar-refractivity contribution in [3.63, 3.8) is 0 Å². The zero-order valence-corrected chi connectivity index (χ0v) is 20.8. The van der Waals surface area contributed by atoms with Crippen molar-refractivity contribution < 1.29 is 14.6 Å². The van der Waals surface area contributed by atoms with E-state index in [2.05, 4.69) is 44.3 Å². The average molecular weight is 522 g/mol. The van der Waals surface area contributed by atoms with E-state index in [9.17, 15) is 4.79 Å². The van der Waals surface area contributed by atoms with Crippen molar-refractivity contribution in [2.24, 2.45) is 0 Å². The van der Waals surface area contributed by atoms with E-state index in [0.717, 1.165) is 22.6 Å². The Bertz CT molecular complexity index is 1330. The van der Waals surface area contributed by atoms with Crippen LogP contribution in [0.15, 0.2) is 60.2 Å². The minimum atomic E-state index is -1.01. The molecular formula is C26H24ClN5O3S. The molecule has 0 spiro atoms. The molecule has 2 aliphatic heterocycles. The van der Waals surface area contributed by atoms with Crippen LogP contribution in [-0.4, -0.2) is 39.7 Å². The first-order valence-corrected chi connectivity index (χ1v) is 12.7. The van der Waals surface area contributed by atoms with Crippen molar-refractivity contribution >= 4 is 40.4 Å². The van der Waals surface area contributed by atoms with Crippen molar-refractivity contribution in [3.8, 4) is 17.7 Å². The van der Waals surface area contributed by atoms with Crippen LogP contribution in [0.5, 0.6) is 5.75 Å². The smallest absolute Gasteiger partial charge is 0.404 e. The van der Waals surface area contributed by atoms with Gasteiger partial charge in [-0.1, -0.05) is 23.6 Å². The van der Waals surface area contributed by atoms with Gasteiger partial charge in [-0.15, -0.1) is 11.3 Å². The first-order valence-electron chi connectivity index (χ1n) is 11.4. The molecule has 2 aromatic heterocycles. The molecule has 10 heteroatoms. The van der Waals surface area contributed by atoms with Gasteiger partial charge >= 0.3 is 6.09 Å². The van der Waals surface area contributed by atoms with Gasteiger partial charge in [0, 0.05) is 47.2 Å². The summed E-state index contributed by atoms with van der Waals surface area (Å²) in [6.07, 6.45) is 3.35. The van der Waals surface area contributed by atoms with Crippen LogP contribution in [0.25, 0.3) is 5.70 Å². The van der Waals surface area contributed by atoms with E-state index in [-0.39, 0.29) is 12.1 Å². The van der Waals surface area contributed by atoms with Gasteiger partial charge in [0.1, 0.15) is 12.4 Å². The molecule has 36 heavy (non-hydrogen) atoms. The second kappa shape index (κ2) is 10.9. The number of pyridine rings is 1. The lowest BCUT2D eigenvalue weighted by atomic mass is 10.1. The second-order valence-electron chi connectivity index (χ2n) is 8.41. The summed E-state index contributed by atoms with van der Waals surface area (Å²) in [7, 11) is 0. The highest BCUT2D eigenvalue weighted by Gasteiger charge is 2.24. The molecule has 3 aromatic rings. The van der Waals surface area contributed by atoms with Crippen LogP contribution in [0.1, 0.15) is 22.6 Å². The molecule has 0 bridgehead atoms. The zero-order valence-electron chi connectivity index (χ0n) is 19.2. The normalized spacial score (nSPS) is 18.5. The number of halogens is 1. The van der Waals surface area contributed by atoms with Gasteiger partial charge in [0.2, 0.25) is 0 Å². The highest BCUT2D eigenvalue weighted by molar-refractivity contribution is 7.10. The molecule has 184 valence electrons. The predicted octanol–water partition coefficient (Wildman–Crippen LogP) is 4.56. The van der Waals surface area contributed by atoms with E-state index in [1.165, 1.54) is 4.88 Å². The monoisotopic (exact) mass is 521 g/mol. The van der Waals surface area contributed by atoms with Gasteiger partial charge in [-0.05, 0) is 48.2 Å². The number of nitrogens with zero attached hydrogens (tertiary/aromatic N) is 2. The van der Waals surface area contributed by atoms with Crippen LogP contribution >= 0.6 is 22.9 Å². The summed E-state index contributed by atoms with van der Waals surface area (Å²) in [5.74, 6) is 3.82. The Labute approximate surface area is 217 Å². The fraction of sp³-hybridized carbons (Fsp3) is 0.231. The molecule has 2 atom stereocenters. The van der Waals surface area contributed by atoms with Gasteiger partial charge in [-0.2, -0.15) is 0 Å². The molecule has 4 heterocycles. The first kappa shape index (κ1) is 24.0. The Kier molecular flexibility index (Phi) is 7.28. The summed E-state index contributed by atoms with van der Waals surface area (Å²) in [6, 6.07) is 16.4. The highest BCUT2D eigenvalue weighted by Crippen LogP contribution is 2.34. The lowest BCUT2D eigenvalue weighted by molar-refractivity contribution is 0.190. The fourth-order valence-corrected chi connectivity index (χ4v) is 5.20. The molecule has 5 rings (SSSR count). The Morgan fingerprint density at radius 1 is 1.33 bits per heavy atom. The van der Waals surface area contributed by atoms with Crippen LogP contribution in [0.2, 0.25) is 5.02 Å². The van der Waals surface area contributed by atoms with Gasteiger partial charge in [0.15, 0.2) is 0 Å². The number of aromatic nitrogens is 1. The lowest BCUT2D eigenvalue weighted by Gasteiger charge is -2.23. The minimum absolute atomic E-state index is 0.0613. The average Bonchev–Trinajstić information content (AvgIpc) is 3.52. The number of ether oxygens (including phenoxy) is 1. The number of benzene rings is 1. The predicted molar refractivity (Wildman–Crippen MR) is 141 cm³/mol. The number of nitrogens with one attached hydrogen (secondary N) is 3. The summed E-state index contributed by atoms with van der Waals surface area (Å²) in [5.41, 5.74) is 3.73. The largest absolute Gasteiger partial charge is 0.486 e. The molecule has 0 aliphatic carbocycles. The summed E-state index contributed by atoms with van der Waals surface area (Å²) in [6.45, 7) is 1.61. The summed E-state index contributed by atoms with van der Waals surface area (Å²) >= 11 is 8.19. The van der Waals surface area contributed by atoms with Crippen LogP contribution in [0, 0.1) is 12.0 Å². The van der Waals surface area contributed by atoms with E-state index in [1.807, 2.05) is 47.5 Å². The third-order valence-corrected chi connectivity index (χ3v) is 6.99. The Balaban J connectivity index is 1.26. The third kappa shape index (κ3) is 5.91. The van der Waals surface area contributed by atoms with Gasteiger partial charge in [-0.25, -0.2) is 4.79 Å². The molecule has 2 aliphatic rings. The molecular weight excluding hydrogens is 498 g/mol. The van der Waals surface area contributed by atoms with E-state index < -0.39 is 6.09 Å². The number of carbonyl (C=O) groups is 1. The molecule has 0 radical (unpaired) electrons. The third-order valence-electron chi connectivity index (χ3n) is 5.79. The maximum Gasteiger partial charge on any atom is 0.404 e. The molecule has 4 N–H and O–H groups in total. The van der Waals surface area contributed by atoms with E-state index in [1.54, 1.807) is 17.5 Å². The Morgan fingerprint density at radius 3 is 3.06 bits per heavy atom. The lowest BCUT2D eigenvalue weighted by Crippen LogP contribution is -2.34. The number of thiophene rings is 1. The molecule has 0 saturated carbocycles. The van der Waals surface area contributed by atoms with E-state index >= 15 is 0 Å². The maximum absolute atomic E-state index is 10.9. The van der Waals surface area contributed by atoms with E-state index in [4.69, 9.17) is 21.4 Å². The number of hydrogen-bond donors (Lipinski definition) is 4. The molecule has 0 unspecified atom stereocenters. The number of rotatable bonds is 6. The number of amides is 1. The minimum Gasteiger partial charge on any atom is -0.486 e. The molecule has 1 aromatic carbocycles. The highest BCUT2D eigenvalue weighted by atomic mass is 35.5. The molecule has 8 nitrogen and oxygen atoms in total. The molecule has 1 saturated heterocycles. The molecule has 1 fully saturated rings. The van der Waals surface area contributed by atoms with Crippen LogP contribution in [0.3, 0.4) is 0 Å². The van der Waals surface area contributed by atoms with Gasteiger partial charge in [0.05, 0.1) is 29.0 Å². The Hall–Kier alpha value is -3.71. The van der Waals surface area contributed by atoms with Crippen molar-refractivity contribution in [2.75, 3.05) is 11.9 Å². The van der Waals surface area contributed by atoms with Crippen molar-refractivity contribution in [2.45, 2.75) is 31.7 Å². The summed E-state index contributed by atoms with van der Waals surface area (Å²) < 4.78 is 5.83. The number of hydrogen-bond acceptors (Lipinski definition) is 7. The van der Waals surface area contributed by atoms with Crippen molar-refractivity contribution in [1.29, 1.82) is 0 Å². The topological polar surface area (TPSA) is 98.8 Å². The second-order valence-corrected chi connectivity index (χ2v) is 9.82. The van der Waals surface area contributed by atoms with Gasteiger partial charge < -0.3 is 30.7 Å². The van der Waals surface area contributed by atoms with Crippen molar-refractivity contribution in [1.82, 2.24) is 20.5 Å².